The average Bonchev–Trinajstić information content (AvgIpc) is 3.25. The molecule has 122 valence electrons. The topological polar surface area (TPSA) is 68.3 Å². The molecule has 1 fully saturated rings. The maximum Gasteiger partial charge on any atom is 0.349 e. The fourth-order valence-corrected chi connectivity index (χ4v) is 3.25. The van der Waals surface area contributed by atoms with Crippen LogP contribution in [0.1, 0.15) is 22.8 Å². The molecule has 1 aliphatic rings. The van der Waals surface area contributed by atoms with E-state index in [0.29, 0.717) is 29.1 Å². The van der Waals surface area contributed by atoms with Gasteiger partial charge in [-0.1, -0.05) is 11.6 Å². The van der Waals surface area contributed by atoms with Crippen LogP contribution in [0.5, 0.6) is 0 Å². The lowest BCUT2D eigenvalue weighted by molar-refractivity contribution is 0.0783. The summed E-state index contributed by atoms with van der Waals surface area (Å²) in [5, 5.41) is 1.16. The number of benzene rings is 1. The van der Waals surface area contributed by atoms with Crippen LogP contribution in [0.3, 0.4) is 0 Å². The molecule has 3 aromatic rings. The largest absolute Gasteiger partial charge is 0.422 e. The Bertz CT molecular complexity index is 965. The molecule has 4 rings (SSSR count). The Morgan fingerprint density at radius 1 is 1.33 bits per heavy atom. The van der Waals surface area contributed by atoms with Gasteiger partial charge in [-0.25, -0.2) is 9.78 Å². The smallest absolute Gasteiger partial charge is 0.349 e. The summed E-state index contributed by atoms with van der Waals surface area (Å²) in [5.41, 5.74) is -0.171. The third-order valence-corrected chi connectivity index (χ3v) is 4.56. The van der Waals surface area contributed by atoms with Crippen molar-refractivity contribution in [2.24, 2.45) is 0 Å². The molecule has 0 N–H and O–H groups in total. The second-order valence-corrected chi connectivity index (χ2v) is 6.27. The highest BCUT2D eigenvalue weighted by Gasteiger charge is 2.29. The van der Waals surface area contributed by atoms with Crippen molar-refractivity contribution >= 4 is 28.5 Å². The molecule has 0 aliphatic carbocycles. The summed E-state index contributed by atoms with van der Waals surface area (Å²) in [4.78, 5) is 30.6. The average molecular weight is 344 g/mol. The predicted molar refractivity (Wildman–Crippen MR) is 89.3 cm³/mol. The first-order chi connectivity index (χ1) is 11.6. The van der Waals surface area contributed by atoms with E-state index >= 15 is 0 Å². The van der Waals surface area contributed by atoms with Crippen molar-refractivity contribution in [1.82, 2.24) is 14.5 Å². The van der Waals surface area contributed by atoms with E-state index in [0.717, 1.165) is 6.42 Å². The molecule has 1 amide bonds. The van der Waals surface area contributed by atoms with Crippen molar-refractivity contribution in [3.05, 3.63) is 64.0 Å². The minimum atomic E-state index is -0.624. The molecule has 7 heteroatoms. The Kier molecular flexibility index (Phi) is 3.61. The summed E-state index contributed by atoms with van der Waals surface area (Å²) in [6, 6.07) is 6.68. The summed E-state index contributed by atoms with van der Waals surface area (Å²) >= 11 is 5.97. The van der Waals surface area contributed by atoms with Crippen molar-refractivity contribution in [2.45, 2.75) is 12.5 Å². The SMILES string of the molecule is O=C(c1cc2cc(Cl)ccc2oc1=O)N1CCC(n2ccnc2)C1. The maximum absolute atomic E-state index is 12.7. The minimum Gasteiger partial charge on any atom is -0.422 e. The van der Waals surface area contributed by atoms with E-state index in [1.54, 1.807) is 41.7 Å². The third kappa shape index (κ3) is 2.59. The highest BCUT2D eigenvalue weighted by atomic mass is 35.5. The van der Waals surface area contributed by atoms with Gasteiger partial charge in [0, 0.05) is 35.9 Å². The standard InChI is InChI=1S/C17H14ClN3O3/c18-12-1-2-15-11(7-12)8-14(17(23)24-15)16(22)20-5-3-13(9-20)21-6-4-19-10-21/h1-2,4,6-8,10,13H,3,5,9H2. The zero-order valence-corrected chi connectivity index (χ0v) is 13.4. The van der Waals surface area contributed by atoms with Gasteiger partial charge in [0.05, 0.1) is 12.4 Å². The summed E-state index contributed by atoms with van der Waals surface area (Å²) < 4.78 is 7.23. The number of hydrogen-bond donors (Lipinski definition) is 0. The lowest BCUT2D eigenvalue weighted by Crippen LogP contribution is -2.32. The molecule has 1 unspecified atom stereocenters. The fourth-order valence-electron chi connectivity index (χ4n) is 3.07. The van der Waals surface area contributed by atoms with Gasteiger partial charge in [0.2, 0.25) is 0 Å². The van der Waals surface area contributed by atoms with Gasteiger partial charge in [-0.2, -0.15) is 0 Å². The number of likely N-dealkylation sites (tertiary alicyclic amines) is 1. The Morgan fingerprint density at radius 2 is 2.21 bits per heavy atom. The summed E-state index contributed by atoms with van der Waals surface area (Å²) in [6.45, 7) is 1.14. The molecular weight excluding hydrogens is 330 g/mol. The number of fused-ring (bicyclic) bond motifs is 1. The highest BCUT2D eigenvalue weighted by Crippen LogP contribution is 2.24. The van der Waals surface area contributed by atoms with Crippen molar-refractivity contribution in [2.75, 3.05) is 13.1 Å². The first kappa shape index (κ1) is 15.0. The molecule has 1 aromatic carbocycles. The zero-order valence-electron chi connectivity index (χ0n) is 12.7. The molecule has 1 saturated heterocycles. The number of carbonyl (C=O) groups is 1. The van der Waals surface area contributed by atoms with Gasteiger partial charge < -0.3 is 13.9 Å². The Hall–Kier alpha value is -2.60. The van der Waals surface area contributed by atoms with Crippen LogP contribution in [0, 0.1) is 0 Å². The van der Waals surface area contributed by atoms with Crippen LogP contribution >= 0.6 is 11.6 Å². The summed E-state index contributed by atoms with van der Waals surface area (Å²) in [6.07, 6.45) is 6.16. The second kappa shape index (κ2) is 5.79. The first-order valence-electron chi connectivity index (χ1n) is 7.62. The lowest BCUT2D eigenvalue weighted by Gasteiger charge is -2.16. The maximum atomic E-state index is 12.7. The number of hydrogen-bond acceptors (Lipinski definition) is 4. The van der Waals surface area contributed by atoms with Gasteiger partial charge in [0.25, 0.3) is 5.91 Å². The molecule has 2 aromatic heterocycles. The van der Waals surface area contributed by atoms with Crippen LogP contribution < -0.4 is 5.63 Å². The van der Waals surface area contributed by atoms with E-state index in [1.807, 2.05) is 10.8 Å². The van der Waals surface area contributed by atoms with Gasteiger partial charge in [-0.3, -0.25) is 4.79 Å². The Morgan fingerprint density at radius 3 is 3.00 bits per heavy atom. The van der Waals surface area contributed by atoms with E-state index in [-0.39, 0.29) is 17.5 Å². The van der Waals surface area contributed by atoms with Crippen LogP contribution in [0.25, 0.3) is 11.0 Å². The van der Waals surface area contributed by atoms with E-state index in [2.05, 4.69) is 4.98 Å². The molecule has 3 heterocycles. The van der Waals surface area contributed by atoms with E-state index in [9.17, 15) is 9.59 Å². The third-order valence-electron chi connectivity index (χ3n) is 4.32. The zero-order chi connectivity index (χ0) is 16.7. The van der Waals surface area contributed by atoms with Crippen molar-refractivity contribution in [1.29, 1.82) is 0 Å². The molecule has 0 spiro atoms. The van der Waals surface area contributed by atoms with Gasteiger partial charge in [0.1, 0.15) is 11.1 Å². The Balaban J connectivity index is 1.64. The molecule has 0 bridgehead atoms. The molecular formula is C17H14ClN3O3. The van der Waals surface area contributed by atoms with E-state index in [1.165, 1.54) is 0 Å². The van der Waals surface area contributed by atoms with Gasteiger partial charge in [-0.05, 0) is 30.7 Å². The number of amides is 1. The first-order valence-corrected chi connectivity index (χ1v) is 8.00. The lowest BCUT2D eigenvalue weighted by atomic mass is 10.1. The number of nitrogens with zero attached hydrogens (tertiary/aromatic N) is 3. The predicted octanol–water partition coefficient (Wildman–Crippen LogP) is 2.73. The van der Waals surface area contributed by atoms with E-state index < -0.39 is 5.63 Å². The number of imidazole rings is 1. The fraction of sp³-hybridized carbons (Fsp3) is 0.235. The number of rotatable bonds is 2. The van der Waals surface area contributed by atoms with Crippen molar-refractivity contribution in [3.63, 3.8) is 0 Å². The monoisotopic (exact) mass is 343 g/mol. The van der Waals surface area contributed by atoms with Crippen molar-refractivity contribution in [3.8, 4) is 0 Å². The van der Waals surface area contributed by atoms with Crippen molar-refractivity contribution < 1.29 is 9.21 Å². The van der Waals surface area contributed by atoms with Crippen LogP contribution in [0.2, 0.25) is 5.02 Å². The van der Waals surface area contributed by atoms with Crippen LogP contribution in [0.4, 0.5) is 0 Å². The summed E-state index contributed by atoms with van der Waals surface area (Å²) in [7, 11) is 0. The summed E-state index contributed by atoms with van der Waals surface area (Å²) in [5.74, 6) is -0.312. The number of aromatic nitrogens is 2. The van der Waals surface area contributed by atoms with E-state index in [4.69, 9.17) is 16.0 Å². The molecule has 1 aliphatic heterocycles. The minimum absolute atomic E-state index is 0.0380. The van der Waals surface area contributed by atoms with Crippen LogP contribution in [-0.2, 0) is 0 Å². The normalized spacial score (nSPS) is 17.5. The number of carbonyl (C=O) groups excluding carboxylic acids is 1. The molecule has 0 radical (unpaired) electrons. The Labute approximate surface area is 142 Å². The molecule has 6 nitrogen and oxygen atoms in total. The van der Waals surface area contributed by atoms with Gasteiger partial charge >= 0.3 is 5.63 Å². The molecule has 24 heavy (non-hydrogen) atoms. The second-order valence-electron chi connectivity index (χ2n) is 5.83. The molecule has 0 saturated carbocycles. The number of halogens is 1. The van der Waals surface area contributed by atoms with Gasteiger partial charge in [0.15, 0.2) is 0 Å². The highest BCUT2D eigenvalue weighted by molar-refractivity contribution is 6.31. The quantitative estimate of drug-likeness (QED) is 0.671. The van der Waals surface area contributed by atoms with Gasteiger partial charge in [-0.15, -0.1) is 0 Å². The van der Waals surface area contributed by atoms with Crippen LogP contribution in [-0.4, -0.2) is 33.4 Å². The van der Waals surface area contributed by atoms with Crippen LogP contribution in [0.15, 0.2) is 52.2 Å². The molecule has 1 atom stereocenters.